The van der Waals surface area contributed by atoms with Gasteiger partial charge in [-0.1, -0.05) is 30.7 Å². The number of hydrogen-bond donors (Lipinski definition) is 2. The fourth-order valence-electron chi connectivity index (χ4n) is 9.30. The van der Waals surface area contributed by atoms with Crippen LogP contribution in [0.1, 0.15) is 81.7 Å². The zero-order chi connectivity index (χ0) is 44.1. The number of nitrogens with one attached hydrogen (secondary N) is 1. The minimum atomic E-state index is -4.00. The molecule has 2 aliphatic carbocycles. The van der Waals surface area contributed by atoms with Gasteiger partial charge in [0.1, 0.15) is 32.9 Å². The molecule has 4 heterocycles. The summed E-state index contributed by atoms with van der Waals surface area (Å²) in [6.45, 7) is 4.66. The maximum Gasteiger partial charge on any atom is 0.345 e. The number of benzene rings is 2. The third-order valence-electron chi connectivity index (χ3n) is 13.1. The second kappa shape index (κ2) is 17.1. The maximum absolute atomic E-state index is 15.2. The van der Waals surface area contributed by atoms with E-state index in [-0.39, 0.29) is 40.3 Å². The van der Waals surface area contributed by atoms with Gasteiger partial charge in [-0.2, -0.15) is 0 Å². The Bertz CT molecular complexity index is 2570. The summed E-state index contributed by atoms with van der Waals surface area (Å²) in [6.07, 6.45) is 8.34. The number of aromatic nitrogens is 4. The lowest BCUT2D eigenvalue weighted by atomic mass is 9.68. The molecule has 8 atom stereocenters. The molecule has 0 radical (unpaired) electrons. The molecule has 16 nitrogen and oxygen atoms in total. The van der Waals surface area contributed by atoms with Gasteiger partial charge in [-0.25, -0.2) is 9.00 Å². The minimum Gasteiger partial charge on any atom is -0.490 e. The standard InChI is InChI=1S/C44H52ClN7O9S/c1-25-26(2)62(57,49-40(55)32-21-50(3)46-41(32)58-5)48-39(54)28-10-15-38-35(19-28)52(23-44(24-60-38)17-7-8-27-18-30(45)11-13-34(27)44)20-29-9-12-31(29)37(16-14-36(25)53)61-43(56)33-22-51(4)47-42(33)59-6/h10-11,13-16,18-19,21-22,25-26,29,31,36-37,53H,7-9,12,17,20,23-24H2,1-6H3,(H,48,49,54,55,57)/b16-14+/t25-,26-,29+,31-,36+,37+,44+,62?/m1/s1. The summed E-state index contributed by atoms with van der Waals surface area (Å²) in [5.74, 6) is -2.58. The predicted molar refractivity (Wildman–Crippen MR) is 231 cm³/mol. The molecule has 2 amide bonds. The predicted octanol–water partition coefficient (Wildman–Crippen LogP) is 5.46. The van der Waals surface area contributed by atoms with Crippen molar-refractivity contribution in [3.05, 3.63) is 93.8 Å². The van der Waals surface area contributed by atoms with Crippen LogP contribution in [0, 0.1) is 17.8 Å². The van der Waals surface area contributed by atoms with Crippen LogP contribution in [-0.4, -0.2) is 98.0 Å². The molecular weight excluding hydrogens is 838 g/mol. The highest BCUT2D eigenvalue weighted by molar-refractivity contribution is 7.93. The Morgan fingerprint density at radius 2 is 1.73 bits per heavy atom. The summed E-state index contributed by atoms with van der Waals surface area (Å²) in [7, 11) is 2.07. The number of amides is 2. The number of rotatable bonds is 6. The summed E-state index contributed by atoms with van der Waals surface area (Å²) in [5.41, 5.74) is 2.87. The first kappa shape index (κ1) is 43.3. The van der Waals surface area contributed by atoms with Crippen LogP contribution in [0.15, 0.2) is 65.3 Å². The number of aryl methyl sites for hydroxylation is 3. The van der Waals surface area contributed by atoms with Crippen LogP contribution >= 0.6 is 11.6 Å². The van der Waals surface area contributed by atoms with E-state index in [1.165, 1.54) is 53.2 Å². The van der Waals surface area contributed by atoms with E-state index in [4.69, 9.17) is 30.5 Å². The van der Waals surface area contributed by atoms with E-state index in [9.17, 15) is 19.5 Å². The van der Waals surface area contributed by atoms with Gasteiger partial charge in [-0.15, -0.1) is 14.6 Å². The van der Waals surface area contributed by atoms with Crippen LogP contribution in [0.5, 0.6) is 17.5 Å². The van der Waals surface area contributed by atoms with E-state index in [1.54, 1.807) is 52.2 Å². The Morgan fingerprint density at radius 1 is 1.00 bits per heavy atom. The zero-order valence-electron chi connectivity index (χ0n) is 35.6. The molecule has 1 fully saturated rings. The molecule has 2 aromatic heterocycles. The summed E-state index contributed by atoms with van der Waals surface area (Å²) in [4.78, 5) is 44.3. The van der Waals surface area contributed by atoms with Crippen molar-refractivity contribution in [1.29, 1.82) is 0 Å². The summed E-state index contributed by atoms with van der Waals surface area (Å²) >= 11 is 6.50. The van der Waals surface area contributed by atoms with Crippen LogP contribution in [0.2, 0.25) is 5.02 Å². The zero-order valence-corrected chi connectivity index (χ0v) is 37.1. The lowest BCUT2D eigenvalue weighted by molar-refractivity contribution is -0.00274. The van der Waals surface area contributed by atoms with Gasteiger partial charge in [0.15, 0.2) is 0 Å². The molecule has 4 aromatic rings. The molecular formula is C44H52ClN7O9S. The van der Waals surface area contributed by atoms with Gasteiger partial charge in [-0.05, 0) is 92.5 Å². The SMILES string of the molecule is COc1nn(C)cc1C(=O)NS1(=O)=NC(=O)c2ccc3c(c2)N(C[C@@H]2CC[C@H]2[C@@H](OC(=O)c2cn(C)nc2OC)/C=C/[C@H](O)[C@H](C)[C@H]1C)C[C@@]1(CCCc2cc(Cl)ccc21)CO3. The smallest absolute Gasteiger partial charge is 0.345 e. The topological polar surface area (TPSA) is 189 Å². The van der Waals surface area contributed by atoms with Gasteiger partial charge in [0.25, 0.3) is 11.8 Å². The van der Waals surface area contributed by atoms with Gasteiger partial charge < -0.3 is 29.0 Å². The van der Waals surface area contributed by atoms with Crippen LogP contribution in [-0.2, 0) is 40.6 Å². The van der Waals surface area contributed by atoms with E-state index >= 15 is 4.21 Å². The first-order valence-corrected chi connectivity index (χ1v) is 22.7. The van der Waals surface area contributed by atoms with Crippen molar-refractivity contribution in [3.8, 4) is 17.5 Å². The number of hydrogen-bond acceptors (Lipinski definition) is 12. The fraction of sp³-hybridized carbons (Fsp3) is 0.477. The lowest BCUT2D eigenvalue weighted by Gasteiger charge is -2.46. The Labute approximate surface area is 365 Å². The maximum atomic E-state index is 15.2. The van der Waals surface area contributed by atoms with Crippen LogP contribution < -0.4 is 23.8 Å². The monoisotopic (exact) mass is 889 g/mol. The number of esters is 1. The number of nitrogens with zero attached hydrogens (tertiary/aromatic N) is 6. The van der Waals surface area contributed by atoms with E-state index in [2.05, 4.69) is 30.2 Å². The van der Waals surface area contributed by atoms with E-state index in [0.717, 1.165) is 32.1 Å². The van der Waals surface area contributed by atoms with Crippen molar-refractivity contribution >= 4 is 45.0 Å². The van der Waals surface area contributed by atoms with Crippen molar-refractivity contribution in [3.63, 3.8) is 0 Å². The van der Waals surface area contributed by atoms with Crippen molar-refractivity contribution < 1.29 is 42.6 Å². The highest BCUT2D eigenvalue weighted by atomic mass is 35.5. The summed E-state index contributed by atoms with van der Waals surface area (Å²) in [5, 5.41) is 19.7. The largest absolute Gasteiger partial charge is 0.490 e. The fourth-order valence-corrected chi connectivity index (χ4v) is 11.4. The Kier molecular flexibility index (Phi) is 11.9. The van der Waals surface area contributed by atoms with E-state index in [1.807, 2.05) is 12.1 Å². The van der Waals surface area contributed by atoms with Gasteiger partial charge in [0.2, 0.25) is 11.8 Å². The van der Waals surface area contributed by atoms with Crippen molar-refractivity contribution in [1.82, 2.24) is 24.3 Å². The van der Waals surface area contributed by atoms with E-state index in [0.29, 0.717) is 36.2 Å². The van der Waals surface area contributed by atoms with Crippen LogP contribution in [0.3, 0.4) is 0 Å². The molecule has 2 aromatic carbocycles. The average molecular weight is 890 g/mol. The molecule has 1 saturated carbocycles. The second-order valence-corrected chi connectivity index (χ2v) is 19.6. The molecule has 2 aliphatic heterocycles. The molecule has 18 heteroatoms. The molecule has 4 aliphatic rings. The number of aliphatic hydroxyl groups is 1. The second-order valence-electron chi connectivity index (χ2n) is 16.9. The van der Waals surface area contributed by atoms with Crippen molar-refractivity contribution in [2.24, 2.45) is 36.2 Å². The molecule has 0 saturated heterocycles. The molecule has 2 N–H and O–H groups in total. The lowest BCUT2D eigenvalue weighted by Crippen LogP contribution is -2.50. The first-order chi connectivity index (χ1) is 29.6. The normalized spacial score (nSPS) is 28.8. The highest BCUT2D eigenvalue weighted by Crippen LogP contribution is 2.47. The first-order valence-electron chi connectivity index (χ1n) is 20.8. The van der Waals surface area contributed by atoms with Crippen LogP contribution in [0.25, 0.3) is 0 Å². The van der Waals surface area contributed by atoms with Gasteiger partial charge in [0, 0.05) is 67.4 Å². The molecule has 1 spiro atoms. The van der Waals surface area contributed by atoms with Gasteiger partial charge in [0.05, 0.1) is 37.9 Å². The Hall–Kier alpha value is -5.39. The Morgan fingerprint density at radius 3 is 2.44 bits per heavy atom. The third-order valence-corrected chi connectivity index (χ3v) is 15.6. The number of halogens is 1. The Balaban J connectivity index is 1.24. The number of ether oxygens (including phenoxy) is 4. The molecule has 1 unspecified atom stereocenters. The number of aliphatic hydroxyl groups excluding tert-OH is 1. The number of fused-ring (bicyclic) bond motifs is 4. The quantitative estimate of drug-likeness (QED) is 0.184. The third kappa shape index (κ3) is 8.17. The number of carbonyl (C=O) groups excluding carboxylic acids is 3. The molecule has 62 heavy (non-hydrogen) atoms. The highest BCUT2D eigenvalue weighted by Gasteiger charge is 2.45. The minimum absolute atomic E-state index is 0.0118. The number of carbonyl (C=O) groups is 3. The van der Waals surface area contributed by atoms with Crippen LogP contribution in [0.4, 0.5) is 5.69 Å². The summed E-state index contributed by atoms with van der Waals surface area (Å²) < 4.78 is 48.5. The molecule has 8 rings (SSSR count). The number of anilines is 1. The van der Waals surface area contributed by atoms with E-state index < -0.39 is 56.5 Å². The van der Waals surface area contributed by atoms with Crippen molar-refractivity contribution in [2.45, 2.75) is 68.8 Å². The number of methoxy groups -OCH3 is 2. The molecule has 330 valence electrons. The van der Waals surface area contributed by atoms with Gasteiger partial charge in [-0.3, -0.25) is 23.7 Å². The van der Waals surface area contributed by atoms with Gasteiger partial charge >= 0.3 is 5.97 Å². The molecule has 2 bridgehead atoms. The van der Waals surface area contributed by atoms with Crippen molar-refractivity contribution in [2.75, 3.05) is 38.8 Å². The average Bonchev–Trinajstić information content (AvgIpc) is 3.78. The summed E-state index contributed by atoms with van der Waals surface area (Å²) in [6, 6.07) is 11.1.